The molecular formula is C17H15N3O. The van der Waals surface area contributed by atoms with Gasteiger partial charge in [-0.2, -0.15) is 4.98 Å². The van der Waals surface area contributed by atoms with E-state index in [0.29, 0.717) is 11.6 Å². The molecule has 0 atom stereocenters. The number of rotatable bonds is 3. The van der Waals surface area contributed by atoms with Gasteiger partial charge in [0.2, 0.25) is 11.8 Å². The molecule has 0 spiro atoms. The molecule has 2 N–H and O–H groups in total. The Hall–Kier alpha value is -2.88. The van der Waals surface area contributed by atoms with Gasteiger partial charge in [0.15, 0.2) is 0 Å². The van der Waals surface area contributed by atoms with Crippen LogP contribution in [0.4, 0.5) is 5.95 Å². The van der Waals surface area contributed by atoms with Gasteiger partial charge in [0.1, 0.15) is 5.75 Å². The van der Waals surface area contributed by atoms with Gasteiger partial charge in [-0.25, -0.2) is 4.98 Å². The van der Waals surface area contributed by atoms with Crippen LogP contribution in [-0.4, -0.2) is 9.97 Å². The number of nitrogens with two attached hydrogens (primary N) is 1. The van der Waals surface area contributed by atoms with Crippen molar-refractivity contribution in [2.24, 2.45) is 0 Å². The molecule has 0 aliphatic carbocycles. The molecule has 3 rings (SSSR count). The highest BCUT2D eigenvalue weighted by atomic mass is 16.5. The fourth-order valence-electron chi connectivity index (χ4n) is 2.10. The summed E-state index contributed by atoms with van der Waals surface area (Å²) in [5.41, 5.74) is 8.64. The molecule has 1 heterocycles. The number of ether oxygens (including phenoxy) is 1. The maximum absolute atomic E-state index is 5.77. The van der Waals surface area contributed by atoms with Crippen molar-refractivity contribution in [1.29, 1.82) is 0 Å². The van der Waals surface area contributed by atoms with Crippen LogP contribution in [0, 0.1) is 6.92 Å². The first-order valence-electron chi connectivity index (χ1n) is 6.65. The van der Waals surface area contributed by atoms with E-state index < -0.39 is 0 Å². The predicted octanol–water partition coefficient (Wildman–Crippen LogP) is 3.83. The minimum absolute atomic E-state index is 0.212. The van der Waals surface area contributed by atoms with Gasteiger partial charge in [0.05, 0.1) is 0 Å². The van der Waals surface area contributed by atoms with E-state index in [1.165, 1.54) is 0 Å². The number of benzene rings is 2. The molecule has 0 unspecified atom stereocenters. The van der Waals surface area contributed by atoms with Gasteiger partial charge in [0, 0.05) is 11.8 Å². The van der Waals surface area contributed by atoms with Crippen molar-refractivity contribution in [3.05, 3.63) is 66.4 Å². The molecule has 0 saturated carbocycles. The SMILES string of the molecule is Cc1cc(Oc2cccc(-c3ccccc3)c2)nc(N)n1. The van der Waals surface area contributed by atoms with Crippen LogP contribution in [0.1, 0.15) is 5.69 Å². The Kier molecular flexibility index (Phi) is 3.51. The second kappa shape index (κ2) is 5.63. The second-order valence-electron chi connectivity index (χ2n) is 4.70. The molecule has 3 aromatic rings. The zero-order chi connectivity index (χ0) is 14.7. The molecule has 0 amide bonds. The molecule has 21 heavy (non-hydrogen) atoms. The second-order valence-corrected chi connectivity index (χ2v) is 4.70. The van der Waals surface area contributed by atoms with E-state index in [9.17, 15) is 0 Å². The van der Waals surface area contributed by atoms with Gasteiger partial charge in [0.25, 0.3) is 0 Å². The van der Waals surface area contributed by atoms with Crippen LogP contribution in [-0.2, 0) is 0 Å². The summed E-state index contributed by atoms with van der Waals surface area (Å²) >= 11 is 0. The molecule has 0 aliphatic heterocycles. The lowest BCUT2D eigenvalue weighted by molar-refractivity contribution is 0.462. The predicted molar refractivity (Wildman–Crippen MR) is 83.1 cm³/mol. The fraction of sp³-hybridized carbons (Fsp3) is 0.0588. The zero-order valence-electron chi connectivity index (χ0n) is 11.7. The molecule has 0 fully saturated rings. The van der Waals surface area contributed by atoms with Gasteiger partial charge in [-0.1, -0.05) is 42.5 Å². The molecule has 0 bridgehead atoms. The van der Waals surface area contributed by atoms with Crippen LogP contribution >= 0.6 is 0 Å². The quantitative estimate of drug-likeness (QED) is 0.790. The molecule has 0 radical (unpaired) electrons. The third kappa shape index (κ3) is 3.17. The number of hydrogen-bond acceptors (Lipinski definition) is 4. The van der Waals surface area contributed by atoms with E-state index in [0.717, 1.165) is 16.8 Å². The summed E-state index contributed by atoms with van der Waals surface area (Å²) in [6.45, 7) is 1.85. The zero-order valence-corrected chi connectivity index (χ0v) is 11.7. The van der Waals surface area contributed by atoms with E-state index in [1.807, 2.05) is 49.4 Å². The third-order valence-electron chi connectivity index (χ3n) is 3.01. The lowest BCUT2D eigenvalue weighted by Crippen LogP contribution is -1.98. The van der Waals surface area contributed by atoms with Crippen LogP contribution < -0.4 is 10.5 Å². The summed E-state index contributed by atoms with van der Waals surface area (Å²) in [7, 11) is 0. The van der Waals surface area contributed by atoms with E-state index >= 15 is 0 Å². The summed E-state index contributed by atoms with van der Waals surface area (Å²) in [6.07, 6.45) is 0. The average Bonchev–Trinajstić information content (AvgIpc) is 2.47. The summed E-state index contributed by atoms with van der Waals surface area (Å²) in [5, 5.41) is 0. The first-order chi connectivity index (χ1) is 10.2. The minimum Gasteiger partial charge on any atom is -0.439 e. The number of aromatic nitrogens is 2. The number of nitrogens with zero attached hydrogens (tertiary/aromatic N) is 2. The smallest absolute Gasteiger partial charge is 0.224 e. The van der Waals surface area contributed by atoms with Crippen molar-refractivity contribution in [2.75, 3.05) is 5.73 Å². The highest BCUT2D eigenvalue weighted by Gasteiger charge is 2.04. The minimum atomic E-state index is 0.212. The molecule has 0 saturated heterocycles. The Labute approximate surface area is 123 Å². The van der Waals surface area contributed by atoms with Crippen LogP contribution in [0.3, 0.4) is 0 Å². The van der Waals surface area contributed by atoms with Gasteiger partial charge < -0.3 is 10.5 Å². The molecule has 2 aromatic carbocycles. The maximum Gasteiger partial charge on any atom is 0.224 e. The highest BCUT2D eigenvalue weighted by Crippen LogP contribution is 2.26. The lowest BCUT2D eigenvalue weighted by atomic mass is 10.1. The summed E-state index contributed by atoms with van der Waals surface area (Å²) in [4.78, 5) is 8.10. The third-order valence-corrected chi connectivity index (χ3v) is 3.01. The Morgan fingerprint density at radius 2 is 1.62 bits per heavy atom. The summed E-state index contributed by atoms with van der Waals surface area (Å²) < 4.78 is 5.77. The molecule has 1 aromatic heterocycles. The Morgan fingerprint density at radius 1 is 0.857 bits per heavy atom. The molecule has 4 nitrogen and oxygen atoms in total. The summed E-state index contributed by atoms with van der Waals surface area (Å²) in [6, 6.07) is 19.8. The van der Waals surface area contributed by atoms with Crippen LogP contribution in [0.15, 0.2) is 60.7 Å². The van der Waals surface area contributed by atoms with Crippen molar-refractivity contribution in [1.82, 2.24) is 9.97 Å². The van der Waals surface area contributed by atoms with Crippen LogP contribution in [0.2, 0.25) is 0 Å². The van der Waals surface area contributed by atoms with Crippen molar-refractivity contribution in [3.8, 4) is 22.8 Å². The fourth-order valence-corrected chi connectivity index (χ4v) is 2.10. The Bertz CT molecular complexity index is 737. The normalized spacial score (nSPS) is 10.3. The van der Waals surface area contributed by atoms with Crippen molar-refractivity contribution in [2.45, 2.75) is 6.92 Å². The van der Waals surface area contributed by atoms with Crippen molar-refractivity contribution in [3.63, 3.8) is 0 Å². The molecule has 0 aliphatic rings. The van der Waals surface area contributed by atoms with Crippen LogP contribution in [0.5, 0.6) is 11.6 Å². The Morgan fingerprint density at radius 3 is 2.38 bits per heavy atom. The number of aryl methyl sites for hydroxylation is 1. The van der Waals surface area contributed by atoms with Crippen molar-refractivity contribution < 1.29 is 4.74 Å². The van der Waals surface area contributed by atoms with E-state index in [-0.39, 0.29) is 5.95 Å². The van der Waals surface area contributed by atoms with Crippen molar-refractivity contribution >= 4 is 5.95 Å². The number of anilines is 1. The van der Waals surface area contributed by atoms with Gasteiger partial charge in [-0.3, -0.25) is 0 Å². The van der Waals surface area contributed by atoms with Gasteiger partial charge in [-0.05, 0) is 30.2 Å². The standard InChI is InChI=1S/C17H15N3O/c1-12-10-16(20-17(18)19-12)21-15-9-5-8-14(11-15)13-6-3-2-4-7-13/h2-11H,1H3,(H2,18,19,20). The first-order valence-corrected chi connectivity index (χ1v) is 6.65. The number of nitrogen functional groups attached to an aromatic ring is 1. The monoisotopic (exact) mass is 277 g/mol. The van der Waals surface area contributed by atoms with E-state index in [2.05, 4.69) is 22.1 Å². The van der Waals surface area contributed by atoms with E-state index in [4.69, 9.17) is 10.5 Å². The van der Waals surface area contributed by atoms with E-state index in [1.54, 1.807) is 6.07 Å². The maximum atomic E-state index is 5.77. The largest absolute Gasteiger partial charge is 0.439 e. The first kappa shape index (κ1) is 13.1. The average molecular weight is 277 g/mol. The van der Waals surface area contributed by atoms with Crippen LogP contribution in [0.25, 0.3) is 11.1 Å². The molecule has 104 valence electrons. The number of hydrogen-bond donors (Lipinski definition) is 1. The van der Waals surface area contributed by atoms with Gasteiger partial charge in [-0.15, -0.1) is 0 Å². The molecular weight excluding hydrogens is 262 g/mol. The topological polar surface area (TPSA) is 61.0 Å². The lowest BCUT2D eigenvalue weighted by Gasteiger charge is -2.08. The Balaban J connectivity index is 1.90. The van der Waals surface area contributed by atoms with Gasteiger partial charge >= 0.3 is 0 Å². The summed E-state index contributed by atoms with van der Waals surface area (Å²) in [5.74, 6) is 1.38. The highest BCUT2D eigenvalue weighted by molar-refractivity contribution is 5.65. The molecule has 4 heteroatoms.